The molecule has 0 heterocycles. The standard InChI is InChI=1S/C24H25N3O4.Li/c1-27(2)23(31)16-11-8-12-17(20(16)28)25-18-19(22(30)21(18)29)26-24(13-6-7-14-24)15-9-4-3-5-10-15;/h3-5,8-12H,6-7,13-14H2,1-2H3,(H3,25,26,28,29,30,31);/q;+1/p-1. The Morgan fingerprint density at radius 1 is 1.00 bits per heavy atom. The van der Waals surface area contributed by atoms with Crippen molar-refractivity contribution in [2.75, 3.05) is 19.4 Å². The number of amides is 1. The van der Waals surface area contributed by atoms with Gasteiger partial charge >= 0.3 is 18.9 Å². The number of hydrogen-bond acceptors (Lipinski definition) is 5. The monoisotopic (exact) mass is 425 g/mol. The third-order valence-electron chi connectivity index (χ3n) is 5.92. The molecular weight excluding hydrogens is 401 g/mol. The summed E-state index contributed by atoms with van der Waals surface area (Å²) in [4.78, 5) is 38.4. The quantitative estimate of drug-likeness (QED) is 0.452. The van der Waals surface area contributed by atoms with E-state index in [0.29, 0.717) is 0 Å². The van der Waals surface area contributed by atoms with Crippen LogP contribution in [-0.4, -0.2) is 30.0 Å². The van der Waals surface area contributed by atoms with Crippen molar-refractivity contribution >= 4 is 23.0 Å². The van der Waals surface area contributed by atoms with Crippen LogP contribution in [0.1, 0.15) is 41.6 Å². The molecule has 32 heavy (non-hydrogen) atoms. The molecule has 0 aliphatic heterocycles. The Morgan fingerprint density at radius 2 is 1.66 bits per heavy atom. The molecule has 1 fully saturated rings. The van der Waals surface area contributed by atoms with Gasteiger partial charge in [-0.15, -0.1) is 0 Å². The number of phenolic OH excluding ortho intramolecular Hbond substituents is 1. The molecule has 1 amide bonds. The molecule has 3 aromatic rings. The van der Waals surface area contributed by atoms with Crippen molar-refractivity contribution in [2.45, 2.75) is 31.2 Å². The van der Waals surface area contributed by atoms with Crippen LogP contribution in [0.25, 0.3) is 5.32 Å². The van der Waals surface area contributed by atoms with Gasteiger partial charge in [0, 0.05) is 14.1 Å². The summed E-state index contributed by atoms with van der Waals surface area (Å²) >= 11 is 0. The largest absolute Gasteiger partial charge is 1.00 e. The minimum absolute atomic E-state index is 0. The average Bonchev–Trinajstić information content (AvgIpc) is 3.27. The number of phenols is 1. The summed E-state index contributed by atoms with van der Waals surface area (Å²) in [5.41, 5.74) is -0.379. The summed E-state index contributed by atoms with van der Waals surface area (Å²) in [6, 6.07) is 14.5. The number of rotatable bonds is 6. The van der Waals surface area contributed by atoms with Crippen LogP contribution in [0.5, 0.6) is 5.75 Å². The zero-order chi connectivity index (χ0) is 22.2. The molecule has 0 aromatic heterocycles. The number of hydrogen-bond donors (Lipinski definition) is 2. The van der Waals surface area contributed by atoms with Crippen LogP contribution >= 0.6 is 0 Å². The van der Waals surface area contributed by atoms with Gasteiger partial charge in [0.2, 0.25) is 10.9 Å². The maximum absolute atomic E-state index is 12.4. The van der Waals surface area contributed by atoms with Crippen LogP contribution in [-0.2, 0) is 5.54 Å². The summed E-state index contributed by atoms with van der Waals surface area (Å²) in [5, 5.41) is 18.1. The summed E-state index contributed by atoms with van der Waals surface area (Å²) in [6.07, 6.45) is 3.71. The van der Waals surface area contributed by atoms with Crippen LogP contribution in [0.4, 0.5) is 17.1 Å². The molecule has 1 aliphatic carbocycles. The van der Waals surface area contributed by atoms with Crippen molar-refractivity contribution in [3.8, 4) is 5.75 Å². The molecule has 8 heteroatoms. The van der Waals surface area contributed by atoms with E-state index in [9.17, 15) is 19.5 Å². The molecule has 0 unspecified atom stereocenters. The van der Waals surface area contributed by atoms with Crippen molar-refractivity contribution in [3.05, 3.63) is 85.4 Å². The molecule has 0 atom stereocenters. The Kier molecular flexibility index (Phi) is 6.82. The van der Waals surface area contributed by atoms with E-state index < -0.39 is 16.4 Å². The fourth-order valence-electron chi connectivity index (χ4n) is 4.22. The Bertz CT molecular complexity index is 1190. The first kappa shape index (κ1) is 23.6. The Balaban J connectivity index is 0.00000289. The van der Waals surface area contributed by atoms with E-state index in [2.05, 4.69) is 10.6 Å². The predicted molar refractivity (Wildman–Crippen MR) is 120 cm³/mol. The SMILES string of the molecule is CN(C)C(=O)c1cccc([N-]c2c(NC3(c4ccccc4)CCCC3)c(=O)c2=O)c1O.[Li+]. The second kappa shape index (κ2) is 9.23. The van der Waals surface area contributed by atoms with E-state index in [4.69, 9.17) is 0 Å². The summed E-state index contributed by atoms with van der Waals surface area (Å²) in [6.45, 7) is 0. The molecular formula is C24H24LiN3O4. The number of nitrogens with one attached hydrogen (secondary N) is 1. The minimum atomic E-state index is -0.701. The molecule has 0 saturated heterocycles. The number of anilines is 1. The molecule has 160 valence electrons. The van der Waals surface area contributed by atoms with Crippen LogP contribution in [0, 0.1) is 0 Å². The topological polar surface area (TPSA) is 101 Å². The molecule has 4 rings (SSSR count). The second-order valence-corrected chi connectivity index (χ2v) is 8.15. The van der Waals surface area contributed by atoms with Crippen LogP contribution in [0.2, 0.25) is 0 Å². The first-order valence-electron chi connectivity index (χ1n) is 10.3. The van der Waals surface area contributed by atoms with Gasteiger partial charge in [-0.25, -0.2) is 0 Å². The average molecular weight is 425 g/mol. The van der Waals surface area contributed by atoms with Crippen molar-refractivity contribution in [3.63, 3.8) is 0 Å². The zero-order valence-electron chi connectivity index (χ0n) is 18.5. The van der Waals surface area contributed by atoms with Crippen molar-refractivity contribution in [2.24, 2.45) is 0 Å². The first-order valence-corrected chi connectivity index (χ1v) is 10.3. The molecule has 1 aliphatic rings. The summed E-state index contributed by atoms with van der Waals surface area (Å²) < 4.78 is 0. The number of nitrogens with zero attached hydrogens (tertiary/aromatic N) is 2. The van der Waals surface area contributed by atoms with Crippen molar-refractivity contribution in [1.82, 2.24) is 4.90 Å². The van der Waals surface area contributed by atoms with Gasteiger partial charge in [0.25, 0.3) is 5.91 Å². The number of para-hydroxylation sites is 1. The van der Waals surface area contributed by atoms with E-state index in [0.717, 1.165) is 31.2 Å². The van der Waals surface area contributed by atoms with Gasteiger partial charge < -0.3 is 20.6 Å². The van der Waals surface area contributed by atoms with Crippen LogP contribution in [0.3, 0.4) is 0 Å². The van der Waals surface area contributed by atoms with Crippen molar-refractivity contribution in [1.29, 1.82) is 0 Å². The van der Waals surface area contributed by atoms with Crippen LogP contribution < -0.4 is 35.0 Å². The van der Waals surface area contributed by atoms with E-state index in [-0.39, 0.29) is 53.1 Å². The van der Waals surface area contributed by atoms with Gasteiger partial charge in [-0.05, 0) is 24.5 Å². The van der Waals surface area contributed by atoms with Gasteiger partial charge in [0.1, 0.15) is 5.75 Å². The predicted octanol–water partition coefficient (Wildman–Crippen LogP) is 0.912. The number of benzene rings is 2. The normalized spacial score (nSPS) is 14.6. The smallest absolute Gasteiger partial charge is 0.650 e. The van der Waals surface area contributed by atoms with Gasteiger partial charge in [-0.1, -0.05) is 66.7 Å². The molecule has 0 radical (unpaired) electrons. The first-order chi connectivity index (χ1) is 14.8. The third kappa shape index (κ3) is 4.06. The maximum Gasteiger partial charge on any atom is 1.00 e. The van der Waals surface area contributed by atoms with Crippen molar-refractivity contribution < 1.29 is 28.8 Å². The van der Waals surface area contributed by atoms with E-state index in [1.807, 2.05) is 30.3 Å². The molecule has 2 N–H and O–H groups in total. The number of aromatic hydroxyl groups is 1. The minimum Gasteiger partial charge on any atom is -0.650 e. The molecule has 3 aromatic carbocycles. The Labute approximate surface area is 198 Å². The zero-order valence-corrected chi connectivity index (χ0v) is 18.5. The van der Waals surface area contributed by atoms with Gasteiger partial charge in [-0.3, -0.25) is 14.4 Å². The second-order valence-electron chi connectivity index (χ2n) is 8.15. The number of carbonyl (C=O) groups is 1. The fourth-order valence-corrected chi connectivity index (χ4v) is 4.22. The molecule has 1 saturated carbocycles. The van der Waals surface area contributed by atoms with Gasteiger partial charge in [-0.2, -0.15) is 0 Å². The summed E-state index contributed by atoms with van der Waals surface area (Å²) in [7, 11) is 3.16. The number of carbonyl (C=O) groups excluding carboxylic acids is 1. The maximum atomic E-state index is 12.4. The van der Waals surface area contributed by atoms with E-state index in [1.54, 1.807) is 20.2 Å². The van der Waals surface area contributed by atoms with Gasteiger partial charge in [0.15, 0.2) is 0 Å². The van der Waals surface area contributed by atoms with E-state index in [1.165, 1.54) is 17.0 Å². The van der Waals surface area contributed by atoms with Gasteiger partial charge in [0.05, 0.1) is 16.8 Å². The Hall–Kier alpha value is -3.01. The molecule has 0 bridgehead atoms. The molecule has 0 spiro atoms. The Morgan fingerprint density at radius 3 is 2.28 bits per heavy atom. The summed E-state index contributed by atoms with van der Waals surface area (Å²) in [5.74, 6) is -0.703. The van der Waals surface area contributed by atoms with E-state index >= 15 is 0 Å². The fraction of sp³-hybridized carbons (Fsp3) is 0.292. The molecule has 7 nitrogen and oxygen atoms in total. The van der Waals surface area contributed by atoms with Crippen LogP contribution in [0.15, 0.2) is 58.1 Å². The third-order valence-corrected chi connectivity index (χ3v) is 5.92.